The first-order valence-corrected chi connectivity index (χ1v) is 8.79. The van der Waals surface area contributed by atoms with Gasteiger partial charge in [-0.15, -0.1) is 0 Å². The van der Waals surface area contributed by atoms with Gasteiger partial charge in [0.05, 0.1) is 0 Å². The summed E-state index contributed by atoms with van der Waals surface area (Å²) in [6.45, 7) is 0.623. The molecule has 0 bridgehead atoms. The molecule has 2 aliphatic heterocycles. The molecule has 2 aliphatic rings. The highest BCUT2D eigenvalue weighted by Gasteiger charge is 2.45. The zero-order valence-electron chi connectivity index (χ0n) is 14.8. The van der Waals surface area contributed by atoms with E-state index in [-0.39, 0.29) is 6.54 Å². The van der Waals surface area contributed by atoms with Gasteiger partial charge in [0.15, 0.2) is 6.29 Å². The summed E-state index contributed by atoms with van der Waals surface area (Å²) >= 11 is 0. The van der Waals surface area contributed by atoms with E-state index in [9.17, 15) is 18.8 Å². The lowest BCUT2D eigenvalue weighted by atomic mass is 10.3. The quantitative estimate of drug-likeness (QED) is 0.761. The molecule has 9 heteroatoms. The second-order valence-electron chi connectivity index (χ2n) is 6.48. The number of carbonyl (C=O) groups is 3. The van der Waals surface area contributed by atoms with E-state index >= 15 is 0 Å². The first-order chi connectivity index (χ1) is 13.5. The lowest BCUT2D eigenvalue weighted by Gasteiger charge is -2.40. The Balaban J connectivity index is 1.47. The van der Waals surface area contributed by atoms with Crippen molar-refractivity contribution < 1.29 is 18.8 Å². The van der Waals surface area contributed by atoms with Crippen LogP contribution in [0.1, 0.15) is 0 Å². The minimum atomic E-state index is -0.791. The van der Waals surface area contributed by atoms with Crippen molar-refractivity contribution in [2.24, 2.45) is 0 Å². The molecule has 0 aliphatic carbocycles. The fraction of sp³-hybridized carbons (Fsp3) is 0.211. The molecule has 0 saturated carbocycles. The summed E-state index contributed by atoms with van der Waals surface area (Å²) in [4.78, 5) is 40.5. The van der Waals surface area contributed by atoms with Crippen LogP contribution in [0, 0.1) is 5.82 Å². The van der Waals surface area contributed by atoms with Crippen molar-refractivity contribution in [3.63, 3.8) is 0 Å². The maximum absolute atomic E-state index is 13.0. The van der Waals surface area contributed by atoms with Crippen LogP contribution in [0.15, 0.2) is 54.6 Å². The Morgan fingerprint density at radius 3 is 2.39 bits per heavy atom. The summed E-state index contributed by atoms with van der Waals surface area (Å²) in [6, 6.07) is 14.8. The lowest BCUT2D eigenvalue weighted by Crippen LogP contribution is -2.68. The Hall–Kier alpha value is -3.46. The number of anilines is 2. The fourth-order valence-corrected chi connectivity index (χ4v) is 3.30. The normalized spacial score (nSPS) is 19.0. The van der Waals surface area contributed by atoms with E-state index in [1.165, 1.54) is 29.2 Å². The van der Waals surface area contributed by atoms with E-state index < -0.39 is 29.8 Å². The van der Waals surface area contributed by atoms with Gasteiger partial charge in [0.25, 0.3) is 0 Å². The average molecular weight is 383 g/mol. The second kappa shape index (κ2) is 7.28. The molecule has 0 spiro atoms. The maximum Gasteiger partial charge on any atom is 0.326 e. The van der Waals surface area contributed by atoms with Gasteiger partial charge in [-0.25, -0.2) is 4.39 Å². The minimum Gasteiger partial charge on any atom is -0.336 e. The Morgan fingerprint density at radius 1 is 1.00 bits per heavy atom. The number of hydrazine groups is 1. The third-order valence-corrected chi connectivity index (χ3v) is 4.65. The molecule has 2 aromatic rings. The van der Waals surface area contributed by atoms with Crippen LogP contribution in [0.2, 0.25) is 0 Å². The molecule has 144 valence electrons. The predicted molar refractivity (Wildman–Crippen MR) is 99.2 cm³/mol. The SMILES string of the molecule is O=C(CN1NC2N(CCN2c2ccccc2)C(=O)C1=O)Nc1ccc(F)cc1. The number of halogens is 1. The average Bonchev–Trinajstić information content (AvgIpc) is 3.12. The highest BCUT2D eigenvalue weighted by atomic mass is 19.1. The third kappa shape index (κ3) is 3.39. The second-order valence-corrected chi connectivity index (χ2v) is 6.48. The van der Waals surface area contributed by atoms with Crippen molar-refractivity contribution in [1.82, 2.24) is 15.3 Å². The Bertz CT molecular complexity index is 906. The van der Waals surface area contributed by atoms with Crippen molar-refractivity contribution in [3.8, 4) is 0 Å². The lowest BCUT2D eigenvalue weighted by molar-refractivity contribution is -0.163. The van der Waals surface area contributed by atoms with Crippen LogP contribution >= 0.6 is 0 Å². The molecule has 0 radical (unpaired) electrons. The van der Waals surface area contributed by atoms with Crippen molar-refractivity contribution in [1.29, 1.82) is 0 Å². The van der Waals surface area contributed by atoms with E-state index in [0.29, 0.717) is 18.8 Å². The van der Waals surface area contributed by atoms with E-state index in [4.69, 9.17) is 0 Å². The van der Waals surface area contributed by atoms with Gasteiger partial charge in [-0.3, -0.25) is 24.3 Å². The van der Waals surface area contributed by atoms with Gasteiger partial charge in [-0.05, 0) is 36.4 Å². The van der Waals surface area contributed by atoms with Gasteiger partial charge in [-0.1, -0.05) is 18.2 Å². The van der Waals surface area contributed by atoms with Gasteiger partial charge in [0.2, 0.25) is 5.91 Å². The van der Waals surface area contributed by atoms with Crippen molar-refractivity contribution in [2.45, 2.75) is 6.29 Å². The monoisotopic (exact) mass is 383 g/mol. The maximum atomic E-state index is 13.0. The Kier molecular flexibility index (Phi) is 4.66. The standard InChI is InChI=1S/C19H18FN5O3/c20-13-6-8-14(9-7-13)21-16(26)12-25-18(28)17(27)24-11-10-23(19(24)22-25)15-4-2-1-3-5-15/h1-9,19,22H,10-12H2,(H,21,26). The van der Waals surface area contributed by atoms with Crippen molar-refractivity contribution >= 4 is 29.1 Å². The van der Waals surface area contributed by atoms with Gasteiger partial charge in [0, 0.05) is 24.5 Å². The minimum absolute atomic E-state index is 0.352. The van der Waals surface area contributed by atoms with Crippen LogP contribution in [0.5, 0.6) is 0 Å². The molecule has 4 rings (SSSR count). The summed E-state index contributed by atoms with van der Waals surface area (Å²) in [5.41, 5.74) is 4.27. The zero-order valence-corrected chi connectivity index (χ0v) is 14.8. The number of benzene rings is 2. The van der Waals surface area contributed by atoms with Crippen molar-refractivity contribution in [2.75, 3.05) is 29.9 Å². The van der Waals surface area contributed by atoms with Gasteiger partial charge in [-0.2, -0.15) is 5.43 Å². The van der Waals surface area contributed by atoms with Crippen LogP contribution in [0.25, 0.3) is 0 Å². The van der Waals surface area contributed by atoms with Crippen LogP contribution < -0.4 is 15.6 Å². The molecule has 1 unspecified atom stereocenters. The summed E-state index contributed by atoms with van der Waals surface area (Å²) < 4.78 is 13.0. The molecule has 2 N–H and O–H groups in total. The zero-order chi connectivity index (χ0) is 19.7. The van der Waals surface area contributed by atoms with Crippen LogP contribution in [-0.4, -0.2) is 53.6 Å². The smallest absolute Gasteiger partial charge is 0.326 e. The van der Waals surface area contributed by atoms with E-state index in [1.807, 2.05) is 35.2 Å². The number of hydrogen-bond acceptors (Lipinski definition) is 5. The summed E-state index contributed by atoms with van der Waals surface area (Å²) in [7, 11) is 0. The molecule has 8 nitrogen and oxygen atoms in total. The van der Waals surface area contributed by atoms with Gasteiger partial charge in [0.1, 0.15) is 12.4 Å². The number of nitrogens with one attached hydrogen (secondary N) is 2. The Morgan fingerprint density at radius 2 is 1.68 bits per heavy atom. The molecule has 28 heavy (non-hydrogen) atoms. The van der Waals surface area contributed by atoms with Crippen molar-refractivity contribution in [3.05, 3.63) is 60.4 Å². The molecule has 0 aromatic heterocycles. The Labute approximate surface area is 160 Å². The number of hydrogen-bond donors (Lipinski definition) is 2. The first kappa shape index (κ1) is 17.9. The summed E-state index contributed by atoms with van der Waals surface area (Å²) in [5.74, 6) is -2.37. The molecule has 2 heterocycles. The number of amides is 3. The third-order valence-electron chi connectivity index (χ3n) is 4.65. The number of rotatable bonds is 4. The van der Waals surface area contributed by atoms with Gasteiger partial charge >= 0.3 is 11.8 Å². The molecule has 2 fully saturated rings. The molecule has 2 aromatic carbocycles. The number of para-hydroxylation sites is 1. The highest BCUT2D eigenvalue weighted by Crippen LogP contribution is 2.24. The van der Waals surface area contributed by atoms with Crippen LogP contribution in [0.4, 0.5) is 15.8 Å². The fourth-order valence-electron chi connectivity index (χ4n) is 3.30. The van der Waals surface area contributed by atoms with E-state index in [1.54, 1.807) is 0 Å². The van der Waals surface area contributed by atoms with E-state index in [2.05, 4.69) is 10.7 Å². The summed E-state index contributed by atoms with van der Waals surface area (Å²) in [6.07, 6.45) is -0.550. The molecule has 1 atom stereocenters. The number of nitrogens with zero attached hydrogens (tertiary/aromatic N) is 3. The van der Waals surface area contributed by atoms with Gasteiger partial charge < -0.3 is 10.2 Å². The largest absolute Gasteiger partial charge is 0.336 e. The highest BCUT2D eigenvalue weighted by molar-refractivity contribution is 6.35. The van der Waals surface area contributed by atoms with E-state index in [0.717, 1.165) is 10.7 Å². The number of carbonyl (C=O) groups excluding carboxylic acids is 3. The molecular weight excluding hydrogens is 365 g/mol. The topological polar surface area (TPSA) is 85.0 Å². The molecule has 3 amide bonds. The molecular formula is C19H18FN5O3. The summed E-state index contributed by atoms with van der Waals surface area (Å²) in [5, 5.41) is 3.59. The molecule has 2 saturated heterocycles. The van der Waals surface area contributed by atoms with Crippen LogP contribution in [0.3, 0.4) is 0 Å². The first-order valence-electron chi connectivity index (χ1n) is 8.79. The van der Waals surface area contributed by atoms with Crippen LogP contribution in [-0.2, 0) is 14.4 Å². The predicted octanol–water partition coefficient (Wildman–Crippen LogP) is 0.743. The number of fused-ring (bicyclic) bond motifs is 1.